The summed E-state index contributed by atoms with van der Waals surface area (Å²) in [5.41, 5.74) is 4.20. The number of hydrogen-bond donors (Lipinski definition) is 0. The normalized spacial score (nSPS) is 8.97. The van der Waals surface area contributed by atoms with Crippen LogP contribution < -0.4 is 9.41 Å². The molecule has 5 aromatic carbocycles. The third-order valence-corrected chi connectivity index (χ3v) is 6.89. The van der Waals surface area contributed by atoms with Gasteiger partial charge in [-0.25, -0.2) is 0 Å². The van der Waals surface area contributed by atoms with Crippen LogP contribution in [0.4, 0.5) is 0 Å². The van der Waals surface area contributed by atoms with Crippen molar-refractivity contribution >= 4 is 27.7 Å². The summed E-state index contributed by atoms with van der Waals surface area (Å²) in [5.74, 6) is 0. The molecule has 5 aromatic rings. The van der Waals surface area contributed by atoms with E-state index in [9.17, 15) is 0 Å². The summed E-state index contributed by atoms with van der Waals surface area (Å²) in [6.07, 6.45) is 0.715. The van der Waals surface area contributed by atoms with Gasteiger partial charge in [0.05, 0.1) is 0 Å². The number of halogens is 2. The van der Waals surface area contributed by atoms with Gasteiger partial charge in [-0.05, 0) is 0 Å². The molecule has 0 fully saturated rings. The van der Waals surface area contributed by atoms with Gasteiger partial charge < -0.3 is 9.41 Å². The van der Waals surface area contributed by atoms with E-state index in [1.54, 1.807) is 23.3 Å². The fourth-order valence-electron chi connectivity index (χ4n) is 3.34. The van der Waals surface area contributed by atoms with E-state index in [4.69, 9.17) is 0 Å². The number of rotatable bonds is 2. The molecule has 0 saturated carbocycles. The van der Waals surface area contributed by atoms with Crippen molar-refractivity contribution in [2.75, 3.05) is 0 Å². The molecular formula is C29H30F2SiZr-2. The molecule has 0 radical (unpaired) electrons. The first-order valence-electron chi connectivity index (χ1n) is 10.4. The number of fused-ring (bicyclic) bond motifs is 2. The van der Waals surface area contributed by atoms with Crippen molar-refractivity contribution in [1.82, 2.24) is 0 Å². The van der Waals surface area contributed by atoms with Crippen LogP contribution in [-0.4, -0.2) is 6.16 Å². The third-order valence-electron chi connectivity index (χ3n) is 4.71. The molecule has 0 aromatic heterocycles. The Balaban J connectivity index is 0.000000436. The van der Waals surface area contributed by atoms with Gasteiger partial charge in [0.25, 0.3) is 0 Å². The van der Waals surface area contributed by atoms with Gasteiger partial charge in [-0.2, -0.15) is 12.1 Å². The molecule has 33 heavy (non-hydrogen) atoms. The van der Waals surface area contributed by atoms with E-state index in [2.05, 4.69) is 130 Å². The van der Waals surface area contributed by atoms with Crippen LogP contribution in [0, 0.1) is 13.8 Å². The molecule has 0 aliphatic heterocycles. The molecule has 0 nitrogen and oxygen atoms in total. The van der Waals surface area contributed by atoms with E-state index in [-0.39, 0.29) is 9.41 Å². The molecular weight excluding hydrogens is 506 g/mol. The van der Waals surface area contributed by atoms with Crippen LogP contribution in [0.2, 0.25) is 0 Å². The zero-order chi connectivity index (χ0) is 22.5. The first-order chi connectivity index (χ1) is 15.2. The molecule has 170 valence electrons. The van der Waals surface area contributed by atoms with Gasteiger partial charge in [0.1, 0.15) is 0 Å². The Morgan fingerprint density at radius 2 is 1.06 bits per heavy atom. The molecule has 0 N–H and O–H groups in total. The Morgan fingerprint density at radius 1 is 0.667 bits per heavy atom. The van der Waals surface area contributed by atoms with Crippen LogP contribution in [0.3, 0.4) is 0 Å². The maximum absolute atomic E-state index is 3.00. The van der Waals surface area contributed by atoms with Gasteiger partial charge >= 0.3 is 71.4 Å². The van der Waals surface area contributed by atoms with Gasteiger partial charge in [-0.3, -0.25) is 0 Å². The fourth-order valence-corrected chi connectivity index (χ4v) is 5.59. The second-order valence-electron chi connectivity index (χ2n) is 7.22. The van der Waals surface area contributed by atoms with E-state index in [0.29, 0.717) is 6.16 Å². The number of hydrogen-bond acceptors (Lipinski definition) is 0. The summed E-state index contributed by atoms with van der Waals surface area (Å²) in [6.45, 7) is 10.2. The maximum atomic E-state index is 3.00. The Labute approximate surface area is 212 Å². The van der Waals surface area contributed by atoms with Crippen LogP contribution in [0.25, 0.3) is 21.5 Å². The minimum atomic E-state index is 0. The third kappa shape index (κ3) is 10.4. The topological polar surface area (TPSA) is 0 Å². The van der Waals surface area contributed by atoms with Crippen LogP contribution in [-0.2, 0) is 29.4 Å². The monoisotopic (exact) mass is 534 g/mol. The summed E-state index contributed by atoms with van der Waals surface area (Å²) in [4.78, 5) is 0. The van der Waals surface area contributed by atoms with E-state index in [0.717, 1.165) is 0 Å². The van der Waals surface area contributed by atoms with Gasteiger partial charge in [0.2, 0.25) is 0 Å². The predicted molar refractivity (Wildman–Crippen MR) is 137 cm³/mol. The molecule has 0 spiro atoms. The van der Waals surface area contributed by atoms with Gasteiger partial charge in [-0.1, -0.05) is 26.0 Å². The molecule has 0 aliphatic rings. The van der Waals surface area contributed by atoms with Crippen molar-refractivity contribution in [1.29, 1.82) is 0 Å². The van der Waals surface area contributed by atoms with Gasteiger partial charge in [0.15, 0.2) is 0 Å². The molecule has 0 saturated heterocycles. The Kier molecular flexibility index (Phi) is 15.9. The summed E-state index contributed by atoms with van der Waals surface area (Å²) >= 11 is 1.72. The molecule has 0 unspecified atom stereocenters. The molecule has 4 heteroatoms. The summed E-state index contributed by atoms with van der Waals surface area (Å²) in [7, 11) is 0. The first-order valence-corrected chi connectivity index (χ1v) is 16.1. The van der Waals surface area contributed by atoms with E-state index < -0.39 is 0 Å². The molecule has 5 rings (SSSR count). The number of aryl methyl sites for hydroxylation is 2. The average Bonchev–Trinajstić information content (AvgIpc) is 3.37. The first kappa shape index (κ1) is 30.6. The summed E-state index contributed by atoms with van der Waals surface area (Å²) in [6, 6.07) is 37.7. The van der Waals surface area contributed by atoms with Crippen molar-refractivity contribution in [3.05, 3.63) is 133 Å². The van der Waals surface area contributed by atoms with Crippen molar-refractivity contribution in [3.63, 3.8) is 0 Å². The van der Waals surface area contributed by atoms with Crippen molar-refractivity contribution in [2.24, 2.45) is 0 Å². The zero-order valence-electron chi connectivity index (χ0n) is 19.3. The van der Waals surface area contributed by atoms with Crippen molar-refractivity contribution in [3.8, 4) is 0 Å². The molecule has 0 aliphatic carbocycles. The van der Waals surface area contributed by atoms with Gasteiger partial charge in [-0.15, -0.1) is 94.4 Å². The van der Waals surface area contributed by atoms with Crippen LogP contribution in [0.15, 0.2) is 116 Å². The Hall–Kier alpha value is -2.42. The van der Waals surface area contributed by atoms with E-state index in [1.807, 2.05) is 0 Å². The predicted octanol–water partition coefficient (Wildman–Crippen LogP) is 1.63. The Bertz CT molecular complexity index is 1050. The van der Waals surface area contributed by atoms with Crippen LogP contribution in [0.1, 0.15) is 16.7 Å². The average molecular weight is 536 g/mol. The molecule has 0 amide bonds. The molecule has 0 bridgehead atoms. The second kappa shape index (κ2) is 17.1. The fraction of sp³-hybridized carbons (Fsp3) is 0.103. The standard InChI is InChI=1S/2C10H9.C7H8Si.C2H4.2FH.Zr/c2*1-8-6-9-4-2-3-5-10(9)7-8;8-6-7-4-2-1-3-5-7;1-2;;;/h2*2-7H,1H3;1-5,8H,6H2;1-2H2;2*1H;/q2*-1;;;;;+2/p-2. The van der Waals surface area contributed by atoms with Crippen molar-refractivity contribution in [2.45, 2.75) is 19.9 Å². The summed E-state index contributed by atoms with van der Waals surface area (Å²) in [5, 5.41) is 5.39. The second-order valence-corrected chi connectivity index (χ2v) is 11.0. The van der Waals surface area contributed by atoms with Crippen LogP contribution in [0.5, 0.6) is 0 Å². The number of benzene rings is 3. The summed E-state index contributed by atoms with van der Waals surface area (Å²) < 4.78 is 0. The Morgan fingerprint density at radius 3 is 1.45 bits per heavy atom. The van der Waals surface area contributed by atoms with Gasteiger partial charge in [0, 0.05) is 0 Å². The van der Waals surface area contributed by atoms with E-state index >= 15 is 0 Å². The van der Waals surface area contributed by atoms with Crippen LogP contribution >= 0.6 is 0 Å². The SMILES string of the molecule is C=C.Cc1cc2ccccc2[cH-]1.Cc1cc2ccccc2[cH-]1.[F-].[F-].[Zr+2]=[SiH]Cc1ccccc1. The minimum absolute atomic E-state index is 0. The van der Waals surface area contributed by atoms with Crippen molar-refractivity contribution < 1.29 is 32.7 Å². The quantitative estimate of drug-likeness (QED) is 0.183. The molecule has 0 atom stereocenters. The molecule has 0 heterocycles. The zero-order valence-corrected chi connectivity index (χ0v) is 22.9. The van der Waals surface area contributed by atoms with E-state index in [1.165, 1.54) is 44.3 Å².